The van der Waals surface area contributed by atoms with E-state index in [0.29, 0.717) is 4.90 Å². The van der Waals surface area contributed by atoms with Crippen molar-refractivity contribution in [2.75, 3.05) is 18.0 Å². The molecule has 0 radical (unpaired) electrons. The molecule has 0 bridgehead atoms. The van der Waals surface area contributed by atoms with Gasteiger partial charge in [-0.15, -0.1) is 0 Å². The standard InChI is InChI=1S/C17H12ClF4N3O3/c1-3-24-6-12(26)25(17(24)27)10-5-11(8(18)4-9(10)19)28-16-7(2)13(20)14(21)15(22)23-16/h4-5H,3,6H2,1-2H3. The van der Waals surface area contributed by atoms with Gasteiger partial charge in [-0.2, -0.15) is 13.8 Å². The number of urea groups is 1. The number of benzene rings is 1. The summed E-state index contributed by atoms with van der Waals surface area (Å²) in [4.78, 5) is 29.3. The topological polar surface area (TPSA) is 62.7 Å². The molecule has 1 aromatic heterocycles. The van der Waals surface area contributed by atoms with Crippen LogP contribution in [0, 0.1) is 30.3 Å². The molecule has 3 rings (SSSR count). The van der Waals surface area contributed by atoms with E-state index in [1.807, 2.05) is 0 Å². The Hall–Kier alpha value is -2.88. The van der Waals surface area contributed by atoms with Gasteiger partial charge in [0.15, 0.2) is 5.82 Å². The van der Waals surface area contributed by atoms with Gasteiger partial charge in [0.25, 0.3) is 11.9 Å². The molecule has 2 aromatic rings. The first-order valence-corrected chi connectivity index (χ1v) is 8.33. The van der Waals surface area contributed by atoms with Gasteiger partial charge in [-0.05, 0) is 19.9 Å². The number of carbonyl (C=O) groups is 2. The average molecular weight is 418 g/mol. The molecule has 28 heavy (non-hydrogen) atoms. The first-order chi connectivity index (χ1) is 13.1. The predicted molar refractivity (Wildman–Crippen MR) is 90.5 cm³/mol. The van der Waals surface area contributed by atoms with Gasteiger partial charge < -0.3 is 9.64 Å². The van der Waals surface area contributed by atoms with Crippen LogP contribution in [0.3, 0.4) is 0 Å². The van der Waals surface area contributed by atoms with E-state index in [-0.39, 0.29) is 23.9 Å². The van der Waals surface area contributed by atoms with Crippen LogP contribution in [0.2, 0.25) is 5.02 Å². The van der Waals surface area contributed by atoms with Gasteiger partial charge in [-0.3, -0.25) is 4.79 Å². The minimum atomic E-state index is -1.77. The SMILES string of the molecule is CCN1CC(=O)N(c2cc(Oc3nc(F)c(F)c(F)c3C)c(Cl)cc2F)C1=O. The van der Waals surface area contributed by atoms with Crippen molar-refractivity contribution in [3.63, 3.8) is 0 Å². The zero-order valence-corrected chi connectivity index (χ0v) is 15.3. The average Bonchev–Trinajstić information content (AvgIpc) is 2.93. The lowest BCUT2D eigenvalue weighted by Crippen LogP contribution is -2.33. The fraction of sp³-hybridized carbons (Fsp3) is 0.235. The number of anilines is 1. The molecule has 6 nitrogen and oxygen atoms in total. The maximum Gasteiger partial charge on any atom is 0.331 e. The third-order valence-corrected chi connectivity index (χ3v) is 4.39. The van der Waals surface area contributed by atoms with Crippen LogP contribution in [0.15, 0.2) is 12.1 Å². The normalized spacial score (nSPS) is 14.2. The van der Waals surface area contributed by atoms with Crippen LogP contribution < -0.4 is 9.64 Å². The molecule has 0 N–H and O–H groups in total. The molecule has 1 aliphatic heterocycles. The summed E-state index contributed by atoms with van der Waals surface area (Å²) < 4.78 is 59.9. The molecule has 0 atom stereocenters. The molecule has 11 heteroatoms. The maximum atomic E-state index is 14.4. The van der Waals surface area contributed by atoms with Crippen LogP contribution in [0.25, 0.3) is 0 Å². The summed E-state index contributed by atoms with van der Waals surface area (Å²) in [6, 6.07) is 0.952. The van der Waals surface area contributed by atoms with Crippen LogP contribution in [0.1, 0.15) is 12.5 Å². The number of amides is 3. The Morgan fingerprint density at radius 3 is 2.46 bits per heavy atom. The molecule has 0 spiro atoms. The van der Waals surface area contributed by atoms with Crippen molar-refractivity contribution in [1.29, 1.82) is 0 Å². The Labute approximate surface area is 161 Å². The molecule has 0 unspecified atom stereocenters. The van der Waals surface area contributed by atoms with E-state index in [1.165, 1.54) is 4.90 Å². The second-order valence-electron chi connectivity index (χ2n) is 5.82. The molecule has 3 amide bonds. The van der Waals surface area contributed by atoms with Gasteiger partial charge in [0.1, 0.15) is 18.1 Å². The Kier molecular flexibility index (Phi) is 5.16. The highest BCUT2D eigenvalue weighted by atomic mass is 35.5. The number of likely N-dealkylation sites (N-methyl/N-ethyl adjacent to an activating group) is 1. The highest BCUT2D eigenvalue weighted by molar-refractivity contribution is 6.32. The van der Waals surface area contributed by atoms with Gasteiger partial charge in [0, 0.05) is 12.6 Å². The lowest BCUT2D eigenvalue weighted by molar-refractivity contribution is -0.116. The summed E-state index contributed by atoms with van der Waals surface area (Å²) in [6.45, 7) is 2.73. The molecule has 0 aliphatic carbocycles. The number of ether oxygens (including phenoxy) is 1. The van der Waals surface area contributed by atoms with Crippen LogP contribution in [-0.4, -0.2) is 34.9 Å². The summed E-state index contributed by atoms with van der Waals surface area (Å²) in [5.41, 5.74) is -0.905. The van der Waals surface area contributed by atoms with E-state index >= 15 is 0 Å². The quantitative estimate of drug-likeness (QED) is 0.425. The van der Waals surface area contributed by atoms with E-state index in [9.17, 15) is 27.2 Å². The van der Waals surface area contributed by atoms with E-state index in [0.717, 1.165) is 19.1 Å². The fourth-order valence-electron chi connectivity index (χ4n) is 2.58. The number of nitrogens with zero attached hydrogens (tertiary/aromatic N) is 3. The summed E-state index contributed by atoms with van der Waals surface area (Å²) in [5.74, 6) is -7.67. The van der Waals surface area contributed by atoms with E-state index in [4.69, 9.17) is 16.3 Å². The highest BCUT2D eigenvalue weighted by Gasteiger charge is 2.38. The fourth-order valence-corrected chi connectivity index (χ4v) is 2.77. The minimum absolute atomic E-state index is 0.233. The summed E-state index contributed by atoms with van der Waals surface area (Å²) >= 11 is 5.90. The van der Waals surface area contributed by atoms with Crippen molar-refractivity contribution < 1.29 is 31.9 Å². The van der Waals surface area contributed by atoms with Crippen molar-refractivity contribution in [3.05, 3.63) is 46.1 Å². The number of imide groups is 1. The molecule has 1 fully saturated rings. The first kappa shape index (κ1) is 19.9. The molecule has 1 saturated heterocycles. The van der Waals surface area contributed by atoms with Crippen molar-refractivity contribution >= 4 is 29.2 Å². The number of halogens is 5. The zero-order valence-electron chi connectivity index (χ0n) is 14.5. The molecule has 0 saturated carbocycles. The van der Waals surface area contributed by atoms with Crippen molar-refractivity contribution in [2.24, 2.45) is 0 Å². The third kappa shape index (κ3) is 3.24. The van der Waals surface area contributed by atoms with E-state index in [2.05, 4.69) is 4.98 Å². The lowest BCUT2D eigenvalue weighted by Gasteiger charge is -2.18. The van der Waals surface area contributed by atoms with Crippen molar-refractivity contribution in [1.82, 2.24) is 9.88 Å². The number of hydrogen-bond donors (Lipinski definition) is 0. The number of aromatic nitrogens is 1. The summed E-state index contributed by atoms with van der Waals surface area (Å²) in [7, 11) is 0. The van der Waals surface area contributed by atoms with Crippen LogP contribution in [0.4, 0.5) is 28.0 Å². The second kappa shape index (κ2) is 7.27. The van der Waals surface area contributed by atoms with Crippen molar-refractivity contribution in [2.45, 2.75) is 13.8 Å². The van der Waals surface area contributed by atoms with Crippen molar-refractivity contribution in [3.8, 4) is 11.6 Å². The van der Waals surface area contributed by atoms with Crippen LogP contribution >= 0.6 is 11.6 Å². The van der Waals surface area contributed by atoms with Gasteiger partial charge in [0.2, 0.25) is 11.7 Å². The number of hydrogen-bond acceptors (Lipinski definition) is 4. The molecular formula is C17H12ClF4N3O3. The molecule has 1 aromatic carbocycles. The minimum Gasteiger partial charge on any atom is -0.437 e. The summed E-state index contributed by atoms with van der Waals surface area (Å²) in [5, 5.41) is -0.320. The van der Waals surface area contributed by atoms with E-state index < -0.39 is 52.5 Å². The second-order valence-corrected chi connectivity index (χ2v) is 6.23. The van der Waals surface area contributed by atoms with Gasteiger partial charge in [-0.25, -0.2) is 18.5 Å². The summed E-state index contributed by atoms with van der Waals surface area (Å²) in [6.07, 6.45) is 0. The monoisotopic (exact) mass is 417 g/mol. The Bertz CT molecular complexity index is 1000. The van der Waals surface area contributed by atoms with Crippen LogP contribution in [-0.2, 0) is 4.79 Å². The molecular weight excluding hydrogens is 406 g/mol. The lowest BCUT2D eigenvalue weighted by atomic mass is 10.2. The first-order valence-electron chi connectivity index (χ1n) is 7.95. The maximum absolute atomic E-state index is 14.4. The highest BCUT2D eigenvalue weighted by Crippen LogP contribution is 2.37. The Morgan fingerprint density at radius 1 is 1.18 bits per heavy atom. The molecule has 148 valence electrons. The zero-order chi connectivity index (χ0) is 20.7. The Morgan fingerprint density at radius 2 is 1.86 bits per heavy atom. The third-order valence-electron chi connectivity index (χ3n) is 4.09. The van der Waals surface area contributed by atoms with Crippen LogP contribution in [0.5, 0.6) is 11.6 Å². The Balaban J connectivity index is 2.04. The van der Waals surface area contributed by atoms with Gasteiger partial charge in [-0.1, -0.05) is 11.6 Å². The molecule has 2 heterocycles. The predicted octanol–water partition coefficient (Wildman–Crippen LogP) is 4.18. The van der Waals surface area contributed by atoms with Gasteiger partial charge >= 0.3 is 6.03 Å². The van der Waals surface area contributed by atoms with Gasteiger partial charge in [0.05, 0.1) is 16.3 Å². The van der Waals surface area contributed by atoms with E-state index in [1.54, 1.807) is 6.92 Å². The number of rotatable bonds is 4. The number of carbonyl (C=O) groups excluding carboxylic acids is 2. The molecule has 1 aliphatic rings. The largest absolute Gasteiger partial charge is 0.437 e. The number of pyridine rings is 1. The smallest absolute Gasteiger partial charge is 0.331 e.